The van der Waals surface area contributed by atoms with Gasteiger partial charge >= 0.3 is 0 Å². The zero-order chi connectivity index (χ0) is 13.2. The van der Waals surface area contributed by atoms with Gasteiger partial charge in [0.05, 0.1) is 11.7 Å². The maximum Gasteiger partial charge on any atom is 0.0682 e. The Bertz CT molecular complexity index is 691. The molecule has 0 spiro atoms. The third-order valence-corrected chi connectivity index (χ3v) is 3.65. The van der Waals surface area contributed by atoms with E-state index in [4.69, 9.17) is 0 Å². The number of fused-ring (bicyclic) bond motifs is 1. The van der Waals surface area contributed by atoms with Gasteiger partial charge in [-0.3, -0.25) is 5.10 Å². The number of aromatic nitrogens is 2. The molecule has 1 heterocycles. The van der Waals surface area contributed by atoms with Crippen molar-refractivity contribution in [1.82, 2.24) is 10.2 Å². The molecule has 0 bridgehead atoms. The van der Waals surface area contributed by atoms with Crippen molar-refractivity contribution in [3.63, 3.8) is 0 Å². The number of halogens is 1. The predicted molar refractivity (Wildman–Crippen MR) is 82.3 cm³/mol. The summed E-state index contributed by atoms with van der Waals surface area (Å²) in [5, 5.41) is 11.7. The quantitative estimate of drug-likeness (QED) is 0.747. The van der Waals surface area contributed by atoms with Crippen molar-refractivity contribution in [2.24, 2.45) is 0 Å². The summed E-state index contributed by atoms with van der Waals surface area (Å²) < 4.78 is 1.03. The Morgan fingerprint density at radius 2 is 2.00 bits per heavy atom. The van der Waals surface area contributed by atoms with Crippen molar-refractivity contribution in [2.75, 3.05) is 5.32 Å². The van der Waals surface area contributed by atoms with Crippen LogP contribution in [0.25, 0.3) is 10.9 Å². The van der Waals surface area contributed by atoms with Crippen LogP contribution in [0.2, 0.25) is 0 Å². The molecule has 1 atom stereocenters. The Hall–Kier alpha value is -1.81. The highest BCUT2D eigenvalue weighted by atomic mass is 79.9. The normalized spacial score (nSPS) is 12.5. The molecule has 0 aliphatic heterocycles. The summed E-state index contributed by atoms with van der Waals surface area (Å²) in [5.74, 6) is 0. The summed E-state index contributed by atoms with van der Waals surface area (Å²) >= 11 is 3.53. The van der Waals surface area contributed by atoms with Crippen LogP contribution >= 0.6 is 15.9 Å². The maximum atomic E-state index is 4.10. The Balaban J connectivity index is 1.95. The SMILES string of the molecule is CC(Nc1cc(Br)cc2[nH]ncc12)c1ccccc1. The molecule has 2 N–H and O–H groups in total. The number of hydrogen-bond acceptors (Lipinski definition) is 2. The van der Waals surface area contributed by atoms with Crippen molar-refractivity contribution in [2.45, 2.75) is 13.0 Å². The molecule has 19 heavy (non-hydrogen) atoms. The fourth-order valence-corrected chi connectivity index (χ4v) is 2.65. The first-order valence-corrected chi connectivity index (χ1v) is 6.97. The monoisotopic (exact) mass is 315 g/mol. The van der Waals surface area contributed by atoms with Crippen LogP contribution in [0.3, 0.4) is 0 Å². The van der Waals surface area contributed by atoms with Crippen LogP contribution in [0.4, 0.5) is 5.69 Å². The molecule has 0 amide bonds. The summed E-state index contributed by atoms with van der Waals surface area (Å²) in [5.41, 5.74) is 3.37. The number of benzene rings is 2. The molecule has 3 rings (SSSR count). The number of hydrogen-bond donors (Lipinski definition) is 2. The van der Waals surface area contributed by atoms with E-state index in [2.05, 4.69) is 68.7 Å². The zero-order valence-electron chi connectivity index (χ0n) is 10.5. The van der Waals surface area contributed by atoms with E-state index in [-0.39, 0.29) is 6.04 Å². The molecule has 0 fully saturated rings. The minimum absolute atomic E-state index is 0.244. The van der Waals surface area contributed by atoms with Gasteiger partial charge in [0.25, 0.3) is 0 Å². The Labute approximate surface area is 120 Å². The van der Waals surface area contributed by atoms with Crippen LogP contribution < -0.4 is 5.32 Å². The highest BCUT2D eigenvalue weighted by molar-refractivity contribution is 9.10. The number of nitrogens with zero attached hydrogens (tertiary/aromatic N) is 1. The summed E-state index contributed by atoms with van der Waals surface area (Å²) in [6, 6.07) is 14.8. The van der Waals surface area contributed by atoms with Gasteiger partial charge in [-0.15, -0.1) is 0 Å². The van der Waals surface area contributed by atoms with Gasteiger partial charge in [-0.2, -0.15) is 5.10 Å². The van der Waals surface area contributed by atoms with Gasteiger partial charge in [-0.25, -0.2) is 0 Å². The molecular weight excluding hydrogens is 302 g/mol. The molecule has 1 unspecified atom stereocenters. The van der Waals surface area contributed by atoms with Gasteiger partial charge < -0.3 is 5.32 Å². The van der Waals surface area contributed by atoms with Crippen molar-refractivity contribution in [3.05, 3.63) is 58.7 Å². The highest BCUT2D eigenvalue weighted by Gasteiger charge is 2.09. The fraction of sp³-hybridized carbons (Fsp3) is 0.133. The van der Waals surface area contributed by atoms with E-state index in [1.54, 1.807) is 0 Å². The lowest BCUT2D eigenvalue weighted by molar-refractivity contribution is 0.887. The number of aromatic amines is 1. The Morgan fingerprint density at radius 3 is 2.79 bits per heavy atom. The first kappa shape index (κ1) is 12.2. The van der Waals surface area contributed by atoms with E-state index >= 15 is 0 Å². The number of nitrogens with one attached hydrogen (secondary N) is 2. The highest BCUT2D eigenvalue weighted by Crippen LogP contribution is 2.29. The molecule has 2 aromatic carbocycles. The van der Waals surface area contributed by atoms with Crippen LogP contribution in [-0.4, -0.2) is 10.2 Å². The van der Waals surface area contributed by atoms with Crippen LogP contribution in [0.1, 0.15) is 18.5 Å². The largest absolute Gasteiger partial charge is 0.378 e. The summed E-state index contributed by atoms with van der Waals surface area (Å²) in [6.45, 7) is 2.15. The first-order valence-electron chi connectivity index (χ1n) is 6.18. The number of H-pyrrole nitrogens is 1. The predicted octanol–water partition coefficient (Wildman–Crippen LogP) is 4.50. The summed E-state index contributed by atoms with van der Waals surface area (Å²) in [4.78, 5) is 0. The molecule has 0 saturated heterocycles. The standard InChI is InChI=1S/C15H14BrN3/c1-10(11-5-3-2-4-6-11)18-14-7-12(16)8-15-13(14)9-17-19-15/h2-10,18H,1H3,(H,17,19). The second-order valence-electron chi connectivity index (χ2n) is 4.56. The first-order chi connectivity index (χ1) is 9.24. The minimum Gasteiger partial charge on any atom is -0.378 e. The molecular formula is C15H14BrN3. The Morgan fingerprint density at radius 1 is 1.21 bits per heavy atom. The van der Waals surface area contributed by atoms with E-state index < -0.39 is 0 Å². The second-order valence-corrected chi connectivity index (χ2v) is 5.48. The maximum absolute atomic E-state index is 4.10. The zero-order valence-corrected chi connectivity index (χ0v) is 12.1. The van der Waals surface area contributed by atoms with Crippen molar-refractivity contribution in [1.29, 1.82) is 0 Å². The van der Waals surface area contributed by atoms with Gasteiger partial charge in [0, 0.05) is 21.6 Å². The average molecular weight is 316 g/mol. The molecule has 1 aromatic heterocycles. The van der Waals surface area contributed by atoms with Crippen LogP contribution in [-0.2, 0) is 0 Å². The van der Waals surface area contributed by atoms with E-state index in [0.717, 1.165) is 21.1 Å². The molecule has 0 saturated carbocycles. The van der Waals surface area contributed by atoms with Gasteiger partial charge in [0.2, 0.25) is 0 Å². The van der Waals surface area contributed by atoms with E-state index in [0.29, 0.717) is 0 Å². The average Bonchev–Trinajstić information content (AvgIpc) is 2.88. The smallest absolute Gasteiger partial charge is 0.0682 e. The van der Waals surface area contributed by atoms with Crippen molar-refractivity contribution in [3.8, 4) is 0 Å². The molecule has 0 aliphatic rings. The number of anilines is 1. The van der Waals surface area contributed by atoms with Crippen LogP contribution in [0.5, 0.6) is 0 Å². The van der Waals surface area contributed by atoms with E-state index in [9.17, 15) is 0 Å². The topological polar surface area (TPSA) is 40.7 Å². The van der Waals surface area contributed by atoms with E-state index in [1.807, 2.05) is 18.3 Å². The van der Waals surface area contributed by atoms with E-state index in [1.165, 1.54) is 5.56 Å². The lowest BCUT2D eigenvalue weighted by Crippen LogP contribution is -2.06. The fourth-order valence-electron chi connectivity index (χ4n) is 2.19. The van der Waals surface area contributed by atoms with Crippen LogP contribution in [0, 0.1) is 0 Å². The van der Waals surface area contributed by atoms with Crippen LogP contribution in [0.15, 0.2) is 53.1 Å². The Kier molecular flexibility index (Phi) is 3.25. The van der Waals surface area contributed by atoms with Gasteiger partial charge in [-0.05, 0) is 24.6 Å². The molecule has 0 aliphatic carbocycles. The molecule has 4 heteroatoms. The third-order valence-electron chi connectivity index (χ3n) is 3.20. The summed E-state index contributed by atoms with van der Waals surface area (Å²) in [6.07, 6.45) is 1.85. The van der Waals surface area contributed by atoms with Gasteiger partial charge in [0.15, 0.2) is 0 Å². The molecule has 3 aromatic rings. The van der Waals surface area contributed by atoms with Gasteiger partial charge in [0.1, 0.15) is 0 Å². The van der Waals surface area contributed by atoms with Crippen molar-refractivity contribution >= 4 is 32.5 Å². The lowest BCUT2D eigenvalue weighted by Gasteiger charge is -2.16. The van der Waals surface area contributed by atoms with Gasteiger partial charge in [-0.1, -0.05) is 46.3 Å². The third kappa shape index (κ3) is 2.49. The lowest BCUT2D eigenvalue weighted by atomic mass is 10.1. The second kappa shape index (κ2) is 5.05. The van der Waals surface area contributed by atoms with Crippen molar-refractivity contribution < 1.29 is 0 Å². The number of rotatable bonds is 3. The molecule has 0 radical (unpaired) electrons. The summed E-state index contributed by atoms with van der Waals surface area (Å²) in [7, 11) is 0. The molecule has 3 nitrogen and oxygen atoms in total. The molecule has 96 valence electrons. The minimum atomic E-state index is 0.244.